The van der Waals surface area contributed by atoms with Gasteiger partial charge in [-0.2, -0.15) is 0 Å². The fourth-order valence-electron chi connectivity index (χ4n) is 4.20. The van der Waals surface area contributed by atoms with E-state index in [2.05, 4.69) is 33.9 Å². The number of hydrogen-bond donors (Lipinski definition) is 0. The lowest BCUT2D eigenvalue weighted by molar-refractivity contribution is 0.0660. The van der Waals surface area contributed by atoms with Gasteiger partial charge in [-0.25, -0.2) is 0 Å². The van der Waals surface area contributed by atoms with Crippen LogP contribution in [0.15, 0.2) is 24.3 Å². The highest BCUT2D eigenvalue weighted by molar-refractivity contribution is 5.94. The SMILES string of the molecule is COCCCC1CCCN(C(=O)c2ccc(CN3CCN(C)CC3)cc2)C1. The van der Waals surface area contributed by atoms with Crippen LogP contribution in [0.3, 0.4) is 0 Å². The van der Waals surface area contributed by atoms with E-state index in [9.17, 15) is 4.79 Å². The summed E-state index contributed by atoms with van der Waals surface area (Å²) in [5.74, 6) is 0.812. The molecule has 2 aliphatic heterocycles. The van der Waals surface area contributed by atoms with Gasteiger partial charge in [0.15, 0.2) is 0 Å². The zero-order chi connectivity index (χ0) is 19.1. The lowest BCUT2D eigenvalue weighted by atomic mass is 9.93. The molecule has 27 heavy (non-hydrogen) atoms. The molecule has 0 aliphatic carbocycles. The maximum Gasteiger partial charge on any atom is 0.253 e. The number of likely N-dealkylation sites (tertiary alicyclic amines) is 1. The number of rotatable bonds is 7. The first-order chi connectivity index (χ1) is 13.2. The highest BCUT2D eigenvalue weighted by Crippen LogP contribution is 2.22. The van der Waals surface area contributed by atoms with E-state index in [0.29, 0.717) is 5.92 Å². The van der Waals surface area contributed by atoms with Crippen LogP contribution in [0.1, 0.15) is 41.6 Å². The Balaban J connectivity index is 1.50. The Morgan fingerprint density at radius 3 is 2.56 bits per heavy atom. The van der Waals surface area contributed by atoms with E-state index in [1.807, 2.05) is 12.1 Å². The number of carbonyl (C=O) groups excluding carboxylic acids is 1. The number of piperidine rings is 1. The fourth-order valence-corrected chi connectivity index (χ4v) is 4.20. The first-order valence-corrected chi connectivity index (χ1v) is 10.4. The van der Waals surface area contributed by atoms with Crippen molar-refractivity contribution in [3.8, 4) is 0 Å². The highest BCUT2D eigenvalue weighted by atomic mass is 16.5. The minimum atomic E-state index is 0.192. The first-order valence-electron chi connectivity index (χ1n) is 10.4. The van der Waals surface area contributed by atoms with Crippen LogP contribution in [0.5, 0.6) is 0 Å². The fraction of sp³-hybridized carbons (Fsp3) is 0.682. The molecule has 0 aromatic heterocycles. The van der Waals surface area contributed by atoms with Crippen LogP contribution in [0.2, 0.25) is 0 Å². The third-order valence-electron chi connectivity index (χ3n) is 5.97. The van der Waals surface area contributed by atoms with Gasteiger partial charge in [0.25, 0.3) is 5.91 Å². The van der Waals surface area contributed by atoms with E-state index in [-0.39, 0.29) is 5.91 Å². The van der Waals surface area contributed by atoms with Crippen LogP contribution in [0.25, 0.3) is 0 Å². The van der Waals surface area contributed by atoms with Gasteiger partial charge in [0.1, 0.15) is 0 Å². The van der Waals surface area contributed by atoms with Gasteiger partial charge in [-0.3, -0.25) is 9.69 Å². The Hall–Kier alpha value is -1.43. The zero-order valence-corrected chi connectivity index (χ0v) is 17.0. The number of methoxy groups -OCH3 is 1. The third-order valence-corrected chi connectivity index (χ3v) is 5.97. The quantitative estimate of drug-likeness (QED) is 0.689. The van der Waals surface area contributed by atoms with Gasteiger partial charge in [-0.05, 0) is 56.3 Å². The lowest BCUT2D eigenvalue weighted by Crippen LogP contribution is -2.43. The number of nitrogens with zero attached hydrogens (tertiary/aromatic N) is 3. The van der Waals surface area contributed by atoms with E-state index >= 15 is 0 Å². The Labute approximate surface area is 164 Å². The largest absolute Gasteiger partial charge is 0.385 e. The molecule has 1 unspecified atom stereocenters. The molecule has 2 aliphatic rings. The zero-order valence-electron chi connectivity index (χ0n) is 17.0. The number of amides is 1. The summed E-state index contributed by atoms with van der Waals surface area (Å²) >= 11 is 0. The van der Waals surface area contributed by atoms with Crippen LogP contribution in [-0.2, 0) is 11.3 Å². The number of piperazine rings is 1. The molecular formula is C22H35N3O2. The number of likely N-dealkylation sites (N-methyl/N-ethyl adjacent to an activating group) is 1. The maximum absolute atomic E-state index is 12.9. The number of benzene rings is 1. The molecule has 0 N–H and O–H groups in total. The van der Waals surface area contributed by atoms with Crippen molar-refractivity contribution in [3.63, 3.8) is 0 Å². The molecule has 0 bridgehead atoms. The average molecular weight is 374 g/mol. The van der Waals surface area contributed by atoms with E-state index in [1.165, 1.54) is 12.0 Å². The van der Waals surface area contributed by atoms with Crippen molar-refractivity contribution in [2.75, 3.05) is 60.0 Å². The maximum atomic E-state index is 12.9. The molecule has 2 saturated heterocycles. The van der Waals surface area contributed by atoms with Crippen molar-refractivity contribution in [2.45, 2.75) is 32.2 Å². The van der Waals surface area contributed by atoms with E-state index in [1.54, 1.807) is 7.11 Å². The minimum Gasteiger partial charge on any atom is -0.385 e. The summed E-state index contributed by atoms with van der Waals surface area (Å²) in [5.41, 5.74) is 2.13. The molecule has 1 atom stereocenters. The van der Waals surface area contributed by atoms with Crippen molar-refractivity contribution in [2.24, 2.45) is 5.92 Å². The molecule has 2 heterocycles. The van der Waals surface area contributed by atoms with Crippen LogP contribution in [0.4, 0.5) is 0 Å². The van der Waals surface area contributed by atoms with Gasteiger partial charge in [-0.1, -0.05) is 12.1 Å². The van der Waals surface area contributed by atoms with E-state index in [0.717, 1.165) is 77.2 Å². The van der Waals surface area contributed by atoms with Crippen LogP contribution in [0, 0.1) is 5.92 Å². The van der Waals surface area contributed by atoms with E-state index < -0.39 is 0 Å². The monoisotopic (exact) mass is 373 g/mol. The molecule has 150 valence electrons. The van der Waals surface area contributed by atoms with Crippen molar-refractivity contribution < 1.29 is 9.53 Å². The Bertz CT molecular complexity index is 582. The summed E-state index contributed by atoms with van der Waals surface area (Å²) in [7, 11) is 3.94. The molecule has 1 amide bonds. The molecule has 0 spiro atoms. The summed E-state index contributed by atoms with van der Waals surface area (Å²) in [6.45, 7) is 8.10. The van der Waals surface area contributed by atoms with Gasteiger partial charge in [0.05, 0.1) is 0 Å². The van der Waals surface area contributed by atoms with Crippen molar-refractivity contribution in [3.05, 3.63) is 35.4 Å². The van der Waals surface area contributed by atoms with Gasteiger partial charge in [0, 0.05) is 65.1 Å². The summed E-state index contributed by atoms with van der Waals surface area (Å²) in [4.78, 5) is 19.8. The lowest BCUT2D eigenvalue weighted by Gasteiger charge is -2.33. The number of hydrogen-bond acceptors (Lipinski definition) is 4. The average Bonchev–Trinajstić information content (AvgIpc) is 2.70. The van der Waals surface area contributed by atoms with Crippen molar-refractivity contribution in [1.29, 1.82) is 0 Å². The predicted molar refractivity (Wildman–Crippen MR) is 109 cm³/mol. The normalized spacial score (nSPS) is 22.1. The van der Waals surface area contributed by atoms with E-state index in [4.69, 9.17) is 4.74 Å². The van der Waals surface area contributed by atoms with Crippen LogP contribution < -0.4 is 0 Å². The molecule has 2 fully saturated rings. The first kappa shape index (κ1) is 20.3. The topological polar surface area (TPSA) is 36.0 Å². The predicted octanol–water partition coefficient (Wildman–Crippen LogP) is 2.71. The molecule has 5 heteroatoms. The molecule has 5 nitrogen and oxygen atoms in total. The highest BCUT2D eigenvalue weighted by Gasteiger charge is 2.24. The van der Waals surface area contributed by atoms with Gasteiger partial charge < -0.3 is 14.5 Å². The minimum absolute atomic E-state index is 0.192. The second kappa shape index (κ2) is 10.2. The second-order valence-electron chi connectivity index (χ2n) is 8.17. The summed E-state index contributed by atoms with van der Waals surface area (Å²) < 4.78 is 5.16. The molecular weight excluding hydrogens is 338 g/mol. The molecule has 1 aromatic carbocycles. The standard InChI is InChI=1S/C22H35N3O2/c1-23-12-14-24(15-13-23)17-20-7-9-21(10-8-20)22(26)25-11-3-5-19(18-25)6-4-16-27-2/h7-10,19H,3-6,11-18H2,1-2H3. The van der Waals surface area contributed by atoms with Crippen molar-refractivity contribution >= 4 is 5.91 Å². The number of ether oxygens (including phenoxy) is 1. The smallest absolute Gasteiger partial charge is 0.253 e. The Morgan fingerprint density at radius 2 is 1.85 bits per heavy atom. The van der Waals surface area contributed by atoms with Crippen LogP contribution >= 0.6 is 0 Å². The second-order valence-corrected chi connectivity index (χ2v) is 8.17. The molecule has 1 aromatic rings. The molecule has 0 radical (unpaired) electrons. The van der Waals surface area contributed by atoms with Crippen LogP contribution in [-0.4, -0.2) is 80.6 Å². The van der Waals surface area contributed by atoms with Gasteiger partial charge in [0.2, 0.25) is 0 Å². The number of carbonyl (C=O) groups is 1. The Kier molecular flexibility index (Phi) is 7.68. The molecule has 3 rings (SSSR count). The summed E-state index contributed by atoms with van der Waals surface area (Å²) in [5, 5.41) is 0. The van der Waals surface area contributed by atoms with Crippen molar-refractivity contribution in [1.82, 2.24) is 14.7 Å². The third kappa shape index (κ3) is 6.03. The summed E-state index contributed by atoms with van der Waals surface area (Å²) in [6, 6.07) is 8.29. The molecule has 0 saturated carbocycles. The summed E-state index contributed by atoms with van der Waals surface area (Å²) in [6.07, 6.45) is 4.59. The van der Waals surface area contributed by atoms with Gasteiger partial charge >= 0.3 is 0 Å². The van der Waals surface area contributed by atoms with Gasteiger partial charge in [-0.15, -0.1) is 0 Å². The Morgan fingerprint density at radius 1 is 1.11 bits per heavy atom.